The number of ether oxygens (including phenoxy) is 1. The molecule has 0 atom stereocenters. The molecule has 0 radical (unpaired) electrons. The van der Waals surface area contributed by atoms with Crippen LogP contribution in [0.15, 0.2) is 66.9 Å². The largest absolute Gasteiger partial charge is 0.497 e. The first-order valence-corrected chi connectivity index (χ1v) is 8.15. The van der Waals surface area contributed by atoms with Gasteiger partial charge in [0.2, 0.25) is 0 Å². The van der Waals surface area contributed by atoms with Crippen LogP contribution in [0.1, 0.15) is 11.1 Å². The molecule has 1 heterocycles. The van der Waals surface area contributed by atoms with E-state index in [2.05, 4.69) is 64.9 Å². The zero-order valence-corrected chi connectivity index (χ0v) is 13.7. The maximum Gasteiger partial charge on any atom is 0.119 e. The molecule has 4 aromatic rings. The van der Waals surface area contributed by atoms with Gasteiger partial charge in [-0.3, -0.25) is 0 Å². The van der Waals surface area contributed by atoms with Gasteiger partial charge in [0, 0.05) is 24.8 Å². The van der Waals surface area contributed by atoms with Crippen molar-refractivity contribution in [3.05, 3.63) is 78.0 Å². The number of benzene rings is 3. The summed E-state index contributed by atoms with van der Waals surface area (Å²) in [6.07, 6.45) is 1.98. The number of hydrogen-bond acceptors (Lipinski definition) is 2. The molecule has 0 unspecified atom stereocenters. The maximum absolute atomic E-state index is 5.28. The molecule has 2 N–H and O–H groups in total. The van der Waals surface area contributed by atoms with E-state index in [1.807, 2.05) is 12.3 Å². The predicted octanol–water partition coefficient (Wildman–Crippen LogP) is 4.62. The van der Waals surface area contributed by atoms with Gasteiger partial charge >= 0.3 is 0 Å². The molecule has 0 aliphatic carbocycles. The van der Waals surface area contributed by atoms with Crippen LogP contribution in [0.3, 0.4) is 0 Å². The maximum atomic E-state index is 5.28. The van der Waals surface area contributed by atoms with Crippen molar-refractivity contribution in [1.29, 1.82) is 0 Å². The molecule has 0 bridgehead atoms. The normalized spacial score (nSPS) is 11.2. The van der Waals surface area contributed by atoms with Crippen LogP contribution in [0.2, 0.25) is 0 Å². The molecule has 24 heavy (non-hydrogen) atoms. The first-order valence-electron chi connectivity index (χ1n) is 8.15. The zero-order valence-electron chi connectivity index (χ0n) is 13.7. The van der Waals surface area contributed by atoms with E-state index in [4.69, 9.17) is 4.74 Å². The Hall–Kier alpha value is -2.78. The van der Waals surface area contributed by atoms with E-state index >= 15 is 0 Å². The standard InChI is InChI=1S/C21H20N2O/c1-24-20-6-5-17-10-15(2-4-18(17)12-20)13-22-14-16-3-7-21-19(11-16)8-9-23-21/h2-12,22-23H,13-14H2,1H3. The van der Waals surface area contributed by atoms with E-state index in [9.17, 15) is 0 Å². The van der Waals surface area contributed by atoms with Crippen LogP contribution < -0.4 is 10.1 Å². The number of aromatic nitrogens is 1. The van der Waals surface area contributed by atoms with E-state index < -0.39 is 0 Å². The molecule has 4 rings (SSSR count). The van der Waals surface area contributed by atoms with Crippen LogP contribution in [-0.2, 0) is 13.1 Å². The fourth-order valence-electron chi connectivity index (χ4n) is 3.07. The number of hydrogen-bond donors (Lipinski definition) is 2. The molecule has 3 heteroatoms. The Morgan fingerprint density at radius 2 is 1.50 bits per heavy atom. The quantitative estimate of drug-likeness (QED) is 0.564. The summed E-state index contributed by atoms with van der Waals surface area (Å²) in [4.78, 5) is 3.22. The minimum absolute atomic E-state index is 0.854. The van der Waals surface area contributed by atoms with E-state index in [0.29, 0.717) is 0 Å². The van der Waals surface area contributed by atoms with Crippen molar-refractivity contribution in [3.63, 3.8) is 0 Å². The minimum atomic E-state index is 0.854. The predicted molar refractivity (Wildman–Crippen MR) is 99.3 cm³/mol. The van der Waals surface area contributed by atoms with Crippen LogP contribution in [0.4, 0.5) is 0 Å². The summed E-state index contributed by atoms with van der Waals surface area (Å²) in [5.41, 5.74) is 3.77. The second-order valence-electron chi connectivity index (χ2n) is 6.05. The summed E-state index contributed by atoms with van der Waals surface area (Å²) in [5, 5.41) is 7.23. The molecule has 3 aromatic carbocycles. The lowest BCUT2D eigenvalue weighted by molar-refractivity contribution is 0.415. The highest BCUT2D eigenvalue weighted by atomic mass is 16.5. The third-order valence-corrected chi connectivity index (χ3v) is 4.39. The molecular weight excluding hydrogens is 296 g/mol. The van der Waals surface area contributed by atoms with E-state index in [0.717, 1.165) is 18.8 Å². The number of H-pyrrole nitrogens is 1. The Morgan fingerprint density at radius 1 is 0.792 bits per heavy atom. The fourth-order valence-corrected chi connectivity index (χ4v) is 3.07. The SMILES string of the molecule is COc1ccc2cc(CNCc3ccc4[nH]ccc4c3)ccc2c1. The van der Waals surface area contributed by atoms with Crippen LogP contribution >= 0.6 is 0 Å². The van der Waals surface area contributed by atoms with E-state index in [-0.39, 0.29) is 0 Å². The van der Waals surface area contributed by atoms with E-state index in [1.165, 1.54) is 32.8 Å². The number of rotatable bonds is 5. The molecule has 0 saturated carbocycles. The van der Waals surface area contributed by atoms with Crippen LogP contribution in [-0.4, -0.2) is 12.1 Å². The highest BCUT2D eigenvalue weighted by molar-refractivity contribution is 5.84. The second kappa shape index (κ2) is 6.38. The topological polar surface area (TPSA) is 37.0 Å². The number of aromatic amines is 1. The van der Waals surface area contributed by atoms with Crippen LogP contribution in [0, 0.1) is 0 Å². The summed E-state index contributed by atoms with van der Waals surface area (Å²) in [7, 11) is 1.70. The van der Waals surface area contributed by atoms with Gasteiger partial charge in [0.15, 0.2) is 0 Å². The third kappa shape index (κ3) is 2.99. The lowest BCUT2D eigenvalue weighted by atomic mass is 10.1. The molecule has 0 amide bonds. The van der Waals surface area contributed by atoms with E-state index in [1.54, 1.807) is 7.11 Å². The third-order valence-electron chi connectivity index (χ3n) is 4.39. The smallest absolute Gasteiger partial charge is 0.119 e. The van der Waals surface area contributed by atoms with Crippen molar-refractivity contribution in [1.82, 2.24) is 10.3 Å². The van der Waals surface area contributed by atoms with Gasteiger partial charge in [-0.15, -0.1) is 0 Å². The second-order valence-corrected chi connectivity index (χ2v) is 6.05. The molecule has 120 valence electrons. The van der Waals surface area contributed by atoms with Gasteiger partial charge in [0.1, 0.15) is 5.75 Å². The van der Waals surface area contributed by atoms with Crippen molar-refractivity contribution in [2.24, 2.45) is 0 Å². The number of nitrogens with one attached hydrogen (secondary N) is 2. The van der Waals surface area contributed by atoms with Crippen molar-refractivity contribution in [2.45, 2.75) is 13.1 Å². The number of fused-ring (bicyclic) bond motifs is 2. The highest BCUT2D eigenvalue weighted by Crippen LogP contribution is 2.22. The van der Waals surface area contributed by atoms with Crippen LogP contribution in [0.5, 0.6) is 5.75 Å². The summed E-state index contributed by atoms with van der Waals surface area (Å²) in [5.74, 6) is 0.897. The number of methoxy groups -OCH3 is 1. The monoisotopic (exact) mass is 316 g/mol. The first-order chi connectivity index (χ1) is 11.8. The Balaban J connectivity index is 1.44. The molecule has 0 fully saturated rings. The summed E-state index contributed by atoms with van der Waals surface area (Å²) < 4.78 is 5.28. The average molecular weight is 316 g/mol. The highest BCUT2D eigenvalue weighted by Gasteiger charge is 2.00. The zero-order chi connectivity index (χ0) is 16.4. The molecule has 1 aromatic heterocycles. The lowest BCUT2D eigenvalue weighted by Gasteiger charge is -2.08. The van der Waals surface area contributed by atoms with Crippen molar-refractivity contribution in [2.75, 3.05) is 7.11 Å². The minimum Gasteiger partial charge on any atom is -0.497 e. The summed E-state index contributed by atoms with van der Waals surface area (Å²) >= 11 is 0. The molecule has 0 saturated heterocycles. The van der Waals surface area contributed by atoms with Crippen LogP contribution in [0.25, 0.3) is 21.7 Å². The lowest BCUT2D eigenvalue weighted by Crippen LogP contribution is -2.12. The van der Waals surface area contributed by atoms with Crippen molar-refractivity contribution >= 4 is 21.7 Å². The summed E-state index contributed by atoms with van der Waals surface area (Å²) in [6.45, 7) is 1.72. The first kappa shape index (κ1) is 14.8. The fraction of sp³-hybridized carbons (Fsp3) is 0.143. The van der Waals surface area contributed by atoms with Gasteiger partial charge in [-0.05, 0) is 63.7 Å². The average Bonchev–Trinajstić information content (AvgIpc) is 3.09. The van der Waals surface area contributed by atoms with Gasteiger partial charge in [0.25, 0.3) is 0 Å². The van der Waals surface area contributed by atoms with Gasteiger partial charge in [-0.25, -0.2) is 0 Å². The van der Waals surface area contributed by atoms with Gasteiger partial charge in [-0.2, -0.15) is 0 Å². The molecule has 3 nitrogen and oxygen atoms in total. The van der Waals surface area contributed by atoms with Crippen molar-refractivity contribution in [3.8, 4) is 5.75 Å². The van der Waals surface area contributed by atoms with Gasteiger partial charge in [-0.1, -0.05) is 24.3 Å². The van der Waals surface area contributed by atoms with Gasteiger partial charge in [0.05, 0.1) is 7.11 Å². The molecular formula is C21H20N2O. The molecule has 0 aliphatic heterocycles. The Bertz CT molecular complexity index is 987. The Labute approximate surface area is 141 Å². The Morgan fingerprint density at radius 3 is 2.33 bits per heavy atom. The summed E-state index contributed by atoms with van der Waals surface area (Å²) in [6, 6.07) is 21.4. The van der Waals surface area contributed by atoms with Crippen molar-refractivity contribution < 1.29 is 4.74 Å². The molecule has 0 aliphatic rings. The Kier molecular flexibility index (Phi) is 3.93. The molecule has 0 spiro atoms. The van der Waals surface area contributed by atoms with Gasteiger partial charge < -0.3 is 15.0 Å².